The van der Waals surface area contributed by atoms with Crippen LogP contribution >= 0.6 is 11.8 Å². The number of carbonyl (C=O) groups excluding carboxylic acids is 1. The Bertz CT molecular complexity index is 2340. The number of amides is 1. The number of nitrogens with zero attached hydrogens (tertiary/aromatic N) is 4. The van der Waals surface area contributed by atoms with Crippen molar-refractivity contribution in [3.8, 4) is 0 Å². The molecule has 326 valence electrons. The number of benzene rings is 2. The molecule has 1 saturated heterocycles. The molecule has 0 spiro atoms. The van der Waals surface area contributed by atoms with E-state index in [1.54, 1.807) is 4.90 Å². The molecule has 0 radical (unpaired) electrons. The number of hydrogen-bond donors (Lipinski definition) is 2. The van der Waals surface area contributed by atoms with E-state index in [1.165, 1.54) is 22.9 Å². The van der Waals surface area contributed by atoms with E-state index < -0.39 is 31.9 Å². The van der Waals surface area contributed by atoms with E-state index in [-0.39, 0.29) is 28.4 Å². The van der Waals surface area contributed by atoms with E-state index in [1.807, 2.05) is 45.0 Å². The molecule has 12 nitrogen and oxygen atoms in total. The average Bonchev–Trinajstić information content (AvgIpc) is 3.87. The summed E-state index contributed by atoms with van der Waals surface area (Å²) >= 11 is 1.53. The maximum Gasteiger partial charge on any atom is 0.416 e. The predicted octanol–water partition coefficient (Wildman–Crippen LogP) is 9.04. The van der Waals surface area contributed by atoms with Crippen molar-refractivity contribution in [2.75, 3.05) is 46.7 Å². The molecule has 2 aromatic rings. The van der Waals surface area contributed by atoms with Gasteiger partial charge in [-0.25, -0.2) is 9.79 Å². The van der Waals surface area contributed by atoms with Gasteiger partial charge in [-0.15, -0.1) is 0 Å². The van der Waals surface area contributed by atoms with E-state index in [2.05, 4.69) is 86.1 Å². The van der Waals surface area contributed by atoms with Crippen LogP contribution in [0, 0.1) is 0 Å². The first-order valence-electron chi connectivity index (χ1n) is 20.8. The van der Waals surface area contributed by atoms with Crippen LogP contribution in [0.25, 0.3) is 0 Å². The topological polar surface area (TPSA) is 157 Å². The van der Waals surface area contributed by atoms with Gasteiger partial charge in [0, 0.05) is 53.3 Å². The van der Waals surface area contributed by atoms with Gasteiger partial charge in [-0.05, 0) is 99.8 Å². The zero-order valence-electron chi connectivity index (χ0n) is 35.8. The molecule has 1 atom stereocenters. The first-order chi connectivity index (χ1) is 28.1. The van der Waals surface area contributed by atoms with Gasteiger partial charge in [0.1, 0.15) is 5.60 Å². The number of carbonyl (C=O) groups is 1. The molecule has 1 aliphatic carbocycles. The van der Waals surface area contributed by atoms with Crippen LogP contribution in [0.2, 0.25) is 0 Å². The highest BCUT2D eigenvalue weighted by Crippen LogP contribution is 2.49. The molecule has 0 aromatic heterocycles. The monoisotopic (exact) mass is 880 g/mol. The zero-order chi connectivity index (χ0) is 43.7. The van der Waals surface area contributed by atoms with Gasteiger partial charge >= 0.3 is 6.09 Å². The van der Waals surface area contributed by atoms with Crippen molar-refractivity contribution < 1.29 is 35.5 Å². The Morgan fingerprint density at radius 3 is 2.13 bits per heavy atom. The summed E-state index contributed by atoms with van der Waals surface area (Å²) in [6.07, 6.45) is 11.6. The second kappa shape index (κ2) is 17.8. The van der Waals surface area contributed by atoms with Gasteiger partial charge in [-0.2, -0.15) is 16.8 Å². The van der Waals surface area contributed by atoms with Gasteiger partial charge < -0.3 is 14.5 Å². The largest absolute Gasteiger partial charge is 0.443 e. The number of aliphatic imine (C=N–C) groups is 1. The second-order valence-corrected chi connectivity index (χ2v) is 22.2. The number of anilines is 2. The lowest BCUT2D eigenvalue weighted by Gasteiger charge is -2.32. The van der Waals surface area contributed by atoms with Gasteiger partial charge in [-0.1, -0.05) is 94.1 Å². The molecule has 2 N–H and O–H groups in total. The summed E-state index contributed by atoms with van der Waals surface area (Å²) in [5.74, 6) is 0.134. The van der Waals surface area contributed by atoms with Gasteiger partial charge in [0.15, 0.2) is 5.17 Å². The predicted molar refractivity (Wildman–Crippen MR) is 243 cm³/mol. The highest BCUT2D eigenvalue weighted by Gasteiger charge is 2.43. The molecule has 3 heterocycles. The molecule has 4 aliphatic rings. The minimum atomic E-state index is -4.05. The first kappa shape index (κ1) is 45.6. The van der Waals surface area contributed by atoms with Crippen molar-refractivity contribution in [1.82, 2.24) is 4.90 Å². The molecular formula is C45H60N4O8S3. The summed E-state index contributed by atoms with van der Waals surface area (Å²) in [5.41, 5.74) is 7.22. The van der Waals surface area contributed by atoms with Crippen molar-refractivity contribution in [2.45, 2.75) is 109 Å². The maximum absolute atomic E-state index is 13.4. The van der Waals surface area contributed by atoms with Crippen LogP contribution in [-0.2, 0) is 35.8 Å². The minimum absolute atomic E-state index is 0.0523. The Hall–Kier alpha value is -3.89. The minimum Gasteiger partial charge on any atom is -0.443 e. The van der Waals surface area contributed by atoms with Crippen LogP contribution < -0.4 is 9.80 Å². The number of rotatable bonds is 14. The Labute approximate surface area is 361 Å². The Morgan fingerprint density at radius 1 is 0.867 bits per heavy atom. The molecule has 1 unspecified atom stereocenters. The van der Waals surface area contributed by atoms with Crippen molar-refractivity contribution in [3.05, 3.63) is 107 Å². The van der Waals surface area contributed by atoms with E-state index >= 15 is 0 Å². The lowest BCUT2D eigenvalue weighted by atomic mass is 9.80. The fraction of sp³-hybridized carbons (Fsp3) is 0.511. The summed E-state index contributed by atoms with van der Waals surface area (Å²) in [6.45, 7) is 16.1. The maximum atomic E-state index is 13.4. The molecule has 15 heteroatoms. The number of thioether (sulfide) groups is 1. The summed E-state index contributed by atoms with van der Waals surface area (Å²) in [7, 11) is -8.10. The molecule has 3 aliphatic heterocycles. The molecular weight excluding hydrogens is 821 g/mol. The molecule has 6 rings (SSSR count). The molecule has 0 bridgehead atoms. The average molecular weight is 881 g/mol. The van der Waals surface area contributed by atoms with E-state index in [0.717, 1.165) is 46.8 Å². The van der Waals surface area contributed by atoms with Gasteiger partial charge in [0.05, 0.1) is 23.2 Å². The van der Waals surface area contributed by atoms with E-state index in [0.29, 0.717) is 56.2 Å². The lowest BCUT2D eigenvalue weighted by Crippen LogP contribution is -2.40. The third-order valence-electron chi connectivity index (χ3n) is 11.7. The fourth-order valence-corrected chi connectivity index (χ4v) is 10.8. The Balaban J connectivity index is 1.39. The number of ether oxygens (including phenoxy) is 1. The summed E-state index contributed by atoms with van der Waals surface area (Å²) in [6, 6.07) is 16.5. The summed E-state index contributed by atoms with van der Waals surface area (Å²) < 4.78 is 70.5. The number of allylic oxidation sites excluding steroid dienone is 6. The van der Waals surface area contributed by atoms with Crippen molar-refractivity contribution >= 4 is 54.6 Å². The standard InChI is InChI=1S/C45H60N4O8S3/c1-43(2,3)57-42(50)49-28-29-58-41(49)46-40-32(22-24-38-44(4,5)34-16-8-10-18-36(34)47(38)26-12-14-30-59(51,52)53)20-21-33(40)23-25-39-45(6,7)35-17-9-11-19-37(35)48(39)27-13-15-31-60(54,55)56/h8-11,16-19,22-25,38H,12-15,20-21,26-31H2,1-7H3,(H,51,52,53)(H,54,55,56)/b24-22+,33-23+,39-25+,46-41?. The zero-order valence-corrected chi connectivity index (χ0v) is 38.3. The summed E-state index contributed by atoms with van der Waals surface area (Å²) in [4.78, 5) is 24.9. The summed E-state index contributed by atoms with van der Waals surface area (Å²) in [5, 5.41) is 0.591. The Kier molecular flexibility index (Phi) is 13.6. The quantitative estimate of drug-likeness (QED) is 0.138. The molecule has 2 aromatic carbocycles. The molecule has 60 heavy (non-hydrogen) atoms. The van der Waals surface area contributed by atoms with E-state index in [9.17, 15) is 30.7 Å². The number of hydrogen-bond acceptors (Lipinski definition) is 10. The smallest absolute Gasteiger partial charge is 0.416 e. The van der Waals surface area contributed by atoms with Crippen LogP contribution in [0.1, 0.15) is 98.1 Å². The fourth-order valence-electron chi connectivity index (χ4n) is 8.72. The van der Waals surface area contributed by atoms with Crippen LogP contribution in [0.15, 0.2) is 100 Å². The van der Waals surface area contributed by atoms with Crippen molar-refractivity contribution in [1.29, 1.82) is 0 Å². The molecule has 1 fully saturated rings. The SMILES string of the molecule is CC(C)(C)OC(=O)N1CCSC1=NC1=C(/C=C/C2N(CCCCS(=O)(=O)O)c3ccccc3C2(C)C)CC/C1=C\C=C1\N(CCCCS(=O)(=O)O)c2ccccc2C1(C)C. The highest BCUT2D eigenvalue weighted by molar-refractivity contribution is 8.14. The van der Waals surface area contributed by atoms with Gasteiger partial charge in [0.2, 0.25) is 0 Å². The van der Waals surface area contributed by atoms with Crippen LogP contribution in [0.3, 0.4) is 0 Å². The van der Waals surface area contributed by atoms with Crippen LogP contribution in [0.5, 0.6) is 0 Å². The van der Waals surface area contributed by atoms with Crippen LogP contribution in [0.4, 0.5) is 16.2 Å². The Morgan fingerprint density at radius 2 is 1.48 bits per heavy atom. The van der Waals surface area contributed by atoms with E-state index in [4.69, 9.17) is 9.73 Å². The normalized spacial score (nSPS) is 22.2. The van der Waals surface area contributed by atoms with Crippen LogP contribution in [-0.4, -0.2) is 90.6 Å². The second-order valence-electron chi connectivity index (χ2n) is 18.0. The highest BCUT2D eigenvalue weighted by atomic mass is 32.2. The first-order valence-corrected chi connectivity index (χ1v) is 25.0. The number of unbranched alkanes of at least 4 members (excludes halogenated alkanes) is 2. The third-order valence-corrected chi connectivity index (χ3v) is 14.2. The third kappa shape index (κ3) is 10.6. The number of amidine groups is 1. The lowest BCUT2D eigenvalue weighted by molar-refractivity contribution is 0.0386. The number of para-hydroxylation sites is 2. The van der Waals surface area contributed by atoms with Gasteiger partial charge in [-0.3, -0.25) is 14.0 Å². The number of fused-ring (bicyclic) bond motifs is 2. The van der Waals surface area contributed by atoms with Crippen molar-refractivity contribution in [2.24, 2.45) is 4.99 Å². The van der Waals surface area contributed by atoms with Gasteiger partial charge in [0.25, 0.3) is 20.2 Å². The molecule has 0 saturated carbocycles. The van der Waals surface area contributed by atoms with Crippen molar-refractivity contribution in [3.63, 3.8) is 0 Å². The molecule has 1 amide bonds.